The van der Waals surface area contributed by atoms with Gasteiger partial charge in [-0.05, 0) is 25.1 Å². The molecule has 1 rings (SSSR count). The molecule has 0 aliphatic heterocycles. The molecule has 1 N–H and O–H groups in total. The molecule has 1 aromatic rings. The minimum atomic E-state index is -4.10. The predicted molar refractivity (Wildman–Crippen MR) is 76.4 cm³/mol. The summed E-state index contributed by atoms with van der Waals surface area (Å²) in [5.74, 6) is -2.00. The van der Waals surface area contributed by atoms with Gasteiger partial charge in [0.25, 0.3) is 0 Å². The molecule has 0 saturated heterocycles. The van der Waals surface area contributed by atoms with Crippen LogP contribution in [0.1, 0.15) is 17.3 Å². The molecular formula is C13H17NO7S. The van der Waals surface area contributed by atoms with Gasteiger partial charge < -0.3 is 14.6 Å². The molecule has 9 heteroatoms. The fourth-order valence-corrected chi connectivity index (χ4v) is 3.10. The Labute approximate surface area is 128 Å². The van der Waals surface area contributed by atoms with E-state index in [9.17, 15) is 18.0 Å². The normalized spacial score (nSPS) is 12.8. The fraction of sp³-hybridized carbons (Fsp3) is 0.385. The molecule has 0 aromatic heterocycles. The highest BCUT2D eigenvalue weighted by Crippen LogP contribution is 2.28. The SMILES string of the molecule is COC(=O)c1ccc(S(=O)(=O)N(C)C(C)C(=O)O)c(OC)c1. The van der Waals surface area contributed by atoms with Gasteiger partial charge in [-0.2, -0.15) is 4.31 Å². The van der Waals surface area contributed by atoms with Crippen LogP contribution in [-0.4, -0.2) is 57.1 Å². The second-order valence-electron chi connectivity index (χ2n) is 4.39. The molecule has 0 amide bonds. The summed E-state index contributed by atoms with van der Waals surface area (Å²) in [6.45, 7) is 1.25. The predicted octanol–water partition coefficient (Wildman–Crippen LogP) is 0.575. The minimum absolute atomic E-state index is 0.0765. The number of likely N-dealkylation sites (N-methyl/N-ethyl adjacent to an activating group) is 1. The van der Waals surface area contributed by atoms with Crippen LogP contribution in [0, 0.1) is 0 Å². The maximum absolute atomic E-state index is 12.5. The maximum Gasteiger partial charge on any atom is 0.337 e. The molecule has 0 saturated carbocycles. The van der Waals surface area contributed by atoms with Gasteiger partial charge in [0.05, 0.1) is 19.8 Å². The molecule has 1 unspecified atom stereocenters. The van der Waals surface area contributed by atoms with Crippen LogP contribution in [0.15, 0.2) is 23.1 Å². The average molecular weight is 331 g/mol. The van der Waals surface area contributed by atoms with Crippen LogP contribution < -0.4 is 4.74 Å². The summed E-state index contributed by atoms with van der Waals surface area (Å²) >= 11 is 0. The van der Waals surface area contributed by atoms with Crippen molar-refractivity contribution >= 4 is 22.0 Å². The third-order valence-corrected chi connectivity index (χ3v) is 5.11. The highest BCUT2D eigenvalue weighted by molar-refractivity contribution is 7.89. The number of methoxy groups -OCH3 is 2. The molecule has 22 heavy (non-hydrogen) atoms. The topological polar surface area (TPSA) is 110 Å². The second kappa shape index (κ2) is 6.75. The smallest absolute Gasteiger partial charge is 0.337 e. The number of carbonyl (C=O) groups is 2. The van der Waals surface area contributed by atoms with Gasteiger partial charge in [0, 0.05) is 7.05 Å². The monoisotopic (exact) mass is 331 g/mol. The van der Waals surface area contributed by atoms with E-state index in [1.54, 1.807) is 0 Å². The minimum Gasteiger partial charge on any atom is -0.495 e. The largest absolute Gasteiger partial charge is 0.495 e. The molecule has 0 bridgehead atoms. The van der Waals surface area contributed by atoms with E-state index >= 15 is 0 Å². The summed E-state index contributed by atoms with van der Waals surface area (Å²) in [5.41, 5.74) is 0.118. The lowest BCUT2D eigenvalue weighted by Crippen LogP contribution is -2.40. The Balaban J connectivity index is 3.36. The molecule has 0 aliphatic rings. The fourth-order valence-electron chi connectivity index (χ4n) is 1.64. The van der Waals surface area contributed by atoms with E-state index in [2.05, 4.69) is 4.74 Å². The molecular weight excluding hydrogens is 314 g/mol. The maximum atomic E-state index is 12.5. The molecule has 0 heterocycles. The van der Waals surface area contributed by atoms with Gasteiger partial charge in [-0.15, -0.1) is 0 Å². The standard InChI is InChI=1S/C13H17NO7S/c1-8(12(15)16)14(2)22(18,19)11-6-5-9(13(17)21-4)7-10(11)20-3/h5-8H,1-4H3,(H,15,16). The number of carboxylic acids is 1. The van der Waals surface area contributed by atoms with Crippen LogP contribution in [-0.2, 0) is 19.6 Å². The number of carboxylic acid groups (broad SMARTS) is 1. The Morgan fingerprint density at radius 1 is 1.27 bits per heavy atom. The van der Waals surface area contributed by atoms with Crippen molar-refractivity contribution in [2.75, 3.05) is 21.3 Å². The van der Waals surface area contributed by atoms with E-state index < -0.39 is 28.0 Å². The van der Waals surface area contributed by atoms with Crippen LogP contribution in [0.4, 0.5) is 0 Å². The summed E-state index contributed by atoms with van der Waals surface area (Å²) in [7, 11) is -0.503. The summed E-state index contributed by atoms with van der Waals surface area (Å²) in [6.07, 6.45) is 0. The van der Waals surface area contributed by atoms with Gasteiger partial charge in [-0.1, -0.05) is 0 Å². The van der Waals surface area contributed by atoms with Crippen molar-refractivity contribution in [3.63, 3.8) is 0 Å². The van der Waals surface area contributed by atoms with E-state index in [4.69, 9.17) is 9.84 Å². The van der Waals surface area contributed by atoms with Gasteiger partial charge in [0.1, 0.15) is 16.7 Å². The number of sulfonamides is 1. The van der Waals surface area contributed by atoms with Crippen molar-refractivity contribution in [3.8, 4) is 5.75 Å². The van der Waals surface area contributed by atoms with Crippen LogP contribution >= 0.6 is 0 Å². The number of aliphatic carboxylic acids is 1. The van der Waals surface area contributed by atoms with Crippen LogP contribution in [0.3, 0.4) is 0 Å². The molecule has 0 fully saturated rings. The first-order chi connectivity index (χ1) is 10.2. The summed E-state index contributed by atoms with van der Waals surface area (Å²) in [4.78, 5) is 22.2. The number of esters is 1. The summed E-state index contributed by atoms with van der Waals surface area (Å²) in [5, 5.41) is 8.94. The lowest BCUT2D eigenvalue weighted by molar-refractivity contribution is -0.140. The first-order valence-corrected chi connectivity index (χ1v) is 7.58. The first-order valence-electron chi connectivity index (χ1n) is 6.14. The van der Waals surface area contributed by atoms with Crippen molar-refractivity contribution in [1.29, 1.82) is 0 Å². The zero-order valence-corrected chi connectivity index (χ0v) is 13.4. The van der Waals surface area contributed by atoms with E-state index in [1.807, 2.05) is 0 Å². The number of ether oxygens (including phenoxy) is 2. The van der Waals surface area contributed by atoms with E-state index in [-0.39, 0.29) is 16.2 Å². The Morgan fingerprint density at radius 3 is 2.32 bits per heavy atom. The zero-order valence-electron chi connectivity index (χ0n) is 12.6. The van der Waals surface area contributed by atoms with Gasteiger partial charge >= 0.3 is 11.9 Å². The van der Waals surface area contributed by atoms with Crippen LogP contribution in [0.25, 0.3) is 0 Å². The van der Waals surface area contributed by atoms with E-state index in [1.165, 1.54) is 39.3 Å². The zero-order chi connectivity index (χ0) is 17.1. The van der Waals surface area contributed by atoms with Gasteiger partial charge in [-0.25, -0.2) is 13.2 Å². The highest BCUT2D eigenvalue weighted by atomic mass is 32.2. The van der Waals surface area contributed by atoms with Gasteiger partial charge in [0.15, 0.2) is 0 Å². The molecule has 0 radical (unpaired) electrons. The number of hydrogen-bond donors (Lipinski definition) is 1. The molecule has 8 nitrogen and oxygen atoms in total. The molecule has 122 valence electrons. The van der Waals surface area contributed by atoms with Crippen LogP contribution in [0.2, 0.25) is 0 Å². The van der Waals surface area contributed by atoms with Crippen molar-refractivity contribution in [3.05, 3.63) is 23.8 Å². The van der Waals surface area contributed by atoms with Crippen molar-refractivity contribution in [1.82, 2.24) is 4.31 Å². The first kappa shape index (κ1) is 17.9. The van der Waals surface area contributed by atoms with Gasteiger partial charge in [-0.3, -0.25) is 4.79 Å². The van der Waals surface area contributed by atoms with Crippen molar-refractivity contribution < 1.29 is 32.6 Å². The summed E-state index contributed by atoms with van der Waals surface area (Å²) in [6, 6.07) is 2.40. The van der Waals surface area contributed by atoms with E-state index in [0.717, 1.165) is 7.05 Å². The lowest BCUT2D eigenvalue weighted by Gasteiger charge is -2.22. The quantitative estimate of drug-likeness (QED) is 0.759. The molecule has 0 aliphatic carbocycles. The third kappa shape index (κ3) is 3.37. The highest BCUT2D eigenvalue weighted by Gasteiger charge is 2.32. The van der Waals surface area contributed by atoms with Crippen molar-refractivity contribution in [2.24, 2.45) is 0 Å². The van der Waals surface area contributed by atoms with Crippen molar-refractivity contribution in [2.45, 2.75) is 17.9 Å². The van der Waals surface area contributed by atoms with Gasteiger partial charge in [0.2, 0.25) is 10.0 Å². The molecule has 1 atom stereocenters. The summed E-state index contributed by atoms with van der Waals surface area (Å²) < 4.78 is 35.2. The Kier molecular flexibility index (Phi) is 5.50. The molecule has 1 aromatic carbocycles. The number of nitrogens with zero attached hydrogens (tertiary/aromatic N) is 1. The number of hydrogen-bond acceptors (Lipinski definition) is 6. The number of benzene rings is 1. The lowest BCUT2D eigenvalue weighted by atomic mass is 10.2. The second-order valence-corrected chi connectivity index (χ2v) is 6.36. The Morgan fingerprint density at radius 2 is 1.86 bits per heavy atom. The Bertz CT molecular complexity index is 684. The average Bonchev–Trinajstić information content (AvgIpc) is 2.51. The Hall–Kier alpha value is -2.13. The number of rotatable bonds is 6. The number of carbonyl (C=O) groups excluding carboxylic acids is 1. The third-order valence-electron chi connectivity index (χ3n) is 3.14. The van der Waals surface area contributed by atoms with E-state index in [0.29, 0.717) is 4.31 Å². The molecule has 0 spiro atoms. The van der Waals surface area contributed by atoms with Crippen LogP contribution in [0.5, 0.6) is 5.75 Å².